The number of rotatable bonds is 2. The Morgan fingerprint density at radius 2 is 2.33 bits per heavy atom. The summed E-state index contributed by atoms with van der Waals surface area (Å²) in [6.07, 6.45) is 4.15. The monoisotopic (exact) mass is 208 g/mol. The maximum Gasteiger partial charge on any atom is 0.324 e. The third-order valence-corrected chi connectivity index (χ3v) is 2.31. The van der Waals surface area contributed by atoms with Crippen LogP contribution in [0.25, 0.3) is 0 Å². The van der Waals surface area contributed by atoms with Crippen LogP contribution >= 0.6 is 0 Å². The zero-order valence-corrected chi connectivity index (χ0v) is 9.03. The lowest BCUT2D eigenvalue weighted by molar-refractivity contribution is 0.0557. The fourth-order valence-electron chi connectivity index (χ4n) is 1.54. The van der Waals surface area contributed by atoms with E-state index in [0.29, 0.717) is 17.8 Å². The van der Waals surface area contributed by atoms with Gasteiger partial charge in [-0.05, 0) is 13.8 Å². The van der Waals surface area contributed by atoms with Crippen LogP contribution in [0.4, 0.5) is 4.79 Å². The molecule has 1 fully saturated rings. The topological polar surface area (TPSA) is 52.6 Å². The standard InChI is InChI=1S/C11H16N2O2/c1-4-7-8-9(5-2)12-11(15)13(6-3)10(8)14/h4-5,7,10,14H,1,6H2,2-3H3,(H,12,15)/b8-7+,9-5+. The maximum absolute atomic E-state index is 11.5. The van der Waals surface area contributed by atoms with Gasteiger partial charge >= 0.3 is 6.03 Å². The molecule has 0 aromatic rings. The van der Waals surface area contributed by atoms with Gasteiger partial charge < -0.3 is 10.4 Å². The smallest absolute Gasteiger partial charge is 0.324 e. The fraction of sp³-hybridized carbons (Fsp3) is 0.364. The van der Waals surface area contributed by atoms with E-state index in [1.165, 1.54) is 4.90 Å². The van der Waals surface area contributed by atoms with Crippen molar-refractivity contribution < 1.29 is 9.90 Å². The minimum absolute atomic E-state index is 0.278. The van der Waals surface area contributed by atoms with Crippen molar-refractivity contribution in [2.45, 2.75) is 20.1 Å². The van der Waals surface area contributed by atoms with Crippen molar-refractivity contribution in [3.05, 3.63) is 36.1 Å². The van der Waals surface area contributed by atoms with E-state index >= 15 is 0 Å². The molecule has 0 spiro atoms. The lowest BCUT2D eigenvalue weighted by Crippen LogP contribution is -2.52. The van der Waals surface area contributed by atoms with Gasteiger partial charge in [-0.3, -0.25) is 4.90 Å². The summed E-state index contributed by atoms with van der Waals surface area (Å²) in [6.45, 7) is 7.66. The van der Waals surface area contributed by atoms with Gasteiger partial charge in [0.2, 0.25) is 0 Å². The molecule has 4 nitrogen and oxygen atoms in total. The molecule has 2 N–H and O–H groups in total. The lowest BCUT2D eigenvalue weighted by atomic mass is 10.1. The van der Waals surface area contributed by atoms with Crippen LogP contribution in [0.2, 0.25) is 0 Å². The molecule has 0 aliphatic carbocycles. The van der Waals surface area contributed by atoms with Gasteiger partial charge in [0.05, 0.1) is 0 Å². The van der Waals surface area contributed by atoms with Crippen molar-refractivity contribution >= 4 is 6.03 Å². The SMILES string of the molecule is C=C/C=C1\C(=C/C)NC(=O)N(CC)C1O. The quantitative estimate of drug-likeness (QED) is 0.720. The molecular weight excluding hydrogens is 192 g/mol. The van der Waals surface area contributed by atoms with E-state index in [1.54, 1.807) is 25.2 Å². The molecule has 1 heterocycles. The van der Waals surface area contributed by atoms with Crippen LogP contribution in [0.3, 0.4) is 0 Å². The van der Waals surface area contributed by atoms with Gasteiger partial charge in [-0.1, -0.05) is 24.8 Å². The van der Waals surface area contributed by atoms with Gasteiger partial charge in [-0.2, -0.15) is 0 Å². The summed E-state index contributed by atoms with van der Waals surface area (Å²) in [5.41, 5.74) is 1.30. The van der Waals surface area contributed by atoms with E-state index < -0.39 is 6.23 Å². The predicted molar refractivity (Wildman–Crippen MR) is 59.0 cm³/mol. The highest BCUT2D eigenvalue weighted by Gasteiger charge is 2.31. The number of carbonyl (C=O) groups excluding carboxylic acids is 1. The van der Waals surface area contributed by atoms with Crippen molar-refractivity contribution in [1.29, 1.82) is 0 Å². The molecule has 1 saturated heterocycles. The Kier molecular flexibility index (Phi) is 3.68. The van der Waals surface area contributed by atoms with Crippen LogP contribution in [-0.2, 0) is 0 Å². The molecule has 0 bridgehead atoms. The fourth-order valence-corrected chi connectivity index (χ4v) is 1.54. The van der Waals surface area contributed by atoms with E-state index in [-0.39, 0.29) is 6.03 Å². The van der Waals surface area contributed by atoms with Crippen LogP contribution in [-0.4, -0.2) is 28.8 Å². The van der Waals surface area contributed by atoms with Gasteiger partial charge in [0.1, 0.15) is 0 Å². The molecule has 0 aromatic heterocycles. The summed E-state index contributed by atoms with van der Waals surface area (Å²) in [5, 5.41) is 12.6. The number of hydrogen-bond acceptors (Lipinski definition) is 2. The second-order valence-corrected chi connectivity index (χ2v) is 3.15. The number of hydrogen-bond donors (Lipinski definition) is 2. The number of likely N-dealkylation sites (N-methyl/N-ethyl adjacent to an activating group) is 1. The van der Waals surface area contributed by atoms with Crippen LogP contribution in [0, 0.1) is 0 Å². The second kappa shape index (κ2) is 4.79. The Morgan fingerprint density at radius 1 is 1.67 bits per heavy atom. The largest absolute Gasteiger partial charge is 0.369 e. The van der Waals surface area contributed by atoms with Crippen molar-refractivity contribution in [2.24, 2.45) is 0 Å². The Labute approximate surface area is 89.6 Å². The van der Waals surface area contributed by atoms with E-state index in [9.17, 15) is 9.90 Å². The molecule has 0 aromatic carbocycles. The number of allylic oxidation sites excluding steroid dienone is 3. The molecule has 2 amide bonds. The van der Waals surface area contributed by atoms with E-state index in [0.717, 1.165) is 0 Å². The first kappa shape index (κ1) is 11.5. The highest BCUT2D eigenvalue weighted by molar-refractivity contribution is 5.80. The summed E-state index contributed by atoms with van der Waals surface area (Å²) >= 11 is 0. The lowest BCUT2D eigenvalue weighted by Gasteiger charge is -2.35. The Balaban J connectivity index is 3.08. The Hall–Kier alpha value is -1.55. The molecule has 0 saturated carbocycles. The molecule has 15 heavy (non-hydrogen) atoms. The molecule has 0 radical (unpaired) electrons. The summed E-state index contributed by atoms with van der Waals surface area (Å²) in [4.78, 5) is 12.9. The Morgan fingerprint density at radius 3 is 2.80 bits per heavy atom. The van der Waals surface area contributed by atoms with E-state index in [2.05, 4.69) is 11.9 Å². The van der Waals surface area contributed by atoms with Crippen molar-refractivity contribution in [3.63, 3.8) is 0 Å². The zero-order valence-electron chi connectivity index (χ0n) is 9.03. The number of carbonyl (C=O) groups is 1. The third-order valence-electron chi connectivity index (χ3n) is 2.31. The Bertz CT molecular complexity index is 331. The van der Waals surface area contributed by atoms with Gasteiger partial charge in [0, 0.05) is 17.8 Å². The molecule has 82 valence electrons. The molecule has 4 heteroatoms. The summed E-state index contributed by atoms with van der Waals surface area (Å²) < 4.78 is 0. The van der Waals surface area contributed by atoms with Gasteiger partial charge in [-0.15, -0.1) is 0 Å². The average Bonchev–Trinajstić information content (AvgIpc) is 2.22. The first-order valence-corrected chi connectivity index (χ1v) is 4.90. The second-order valence-electron chi connectivity index (χ2n) is 3.15. The summed E-state index contributed by atoms with van der Waals surface area (Å²) in [6, 6.07) is -0.278. The van der Waals surface area contributed by atoms with Gasteiger partial charge in [0.15, 0.2) is 6.23 Å². The maximum atomic E-state index is 11.5. The molecular formula is C11H16N2O2. The first-order chi connectivity index (χ1) is 7.15. The summed E-state index contributed by atoms with van der Waals surface area (Å²) in [7, 11) is 0. The minimum atomic E-state index is -0.895. The average molecular weight is 208 g/mol. The van der Waals surface area contributed by atoms with Crippen molar-refractivity contribution in [3.8, 4) is 0 Å². The number of urea groups is 1. The van der Waals surface area contributed by atoms with Crippen LogP contribution in [0.5, 0.6) is 0 Å². The molecule has 1 rings (SSSR count). The van der Waals surface area contributed by atoms with Crippen molar-refractivity contribution in [1.82, 2.24) is 10.2 Å². The molecule has 1 aliphatic heterocycles. The molecule has 1 atom stereocenters. The van der Waals surface area contributed by atoms with Crippen molar-refractivity contribution in [2.75, 3.05) is 6.54 Å². The zero-order chi connectivity index (χ0) is 11.4. The van der Waals surface area contributed by atoms with Gasteiger partial charge in [-0.25, -0.2) is 4.79 Å². The highest BCUT2D eigenvalue weighted by atomic mass is 16.3. The van der Waals surface area contributed by atoms with Crippen LogP contribution in [0.15, 0.2) is 36.1 Å². The number of nitrogens with zero attached hydrogens (tertiary/aromatic N) is 1. The third kappa shape index (κ3) is 2.10. The highest BCUT2D eigenvalue weighted by Crippen LogP contribution is 2.21. The van der Waals surface area contributed by atoms with E-state index in [4.69, 9.17) is 0 Å². The molecule has 1 aliphatic rings. The van der Waals surface area contributed by atoms with Gasteiger partial charge in [0.25, 0.3) is 0 Å². The number of nitrogens with one attached hydrogen (secondary N) is 1. The number of amides is 2. The minimum Gasteiger partial charge on any atom is -0.369 e. The summed E-state index contributed by atoms with van der Waals surface area (Å²) in [5.74, 6) is 0. The van der Waals surface area contributed by atoms with E-state index in [1.807, 2.05) is 6.92 Å². The predicted octanol–water partition coefficient (Wildman–Crippen LogP) is 1.37. The van der Waals surface area contributed by atoms with Crippen LogP contribution < -0.4 is 5.32 Å². The first-order valence-electron chi connectivity index (χ1n) is 4.90. The number of aliphatic hydroxyl groups is 1. The molecule has 1 unspecified atom stereocenters. The van der Waals surface area contributed by atoms with Crippen LogP contribution in [0.1, 0.15) is 13.8 Å². The normalized spacial score (nSPS) is 27.0. The number of aliphatic hydroxyl groups excluding tert-OH is 1.